The van der Waals surface area contributed by atoms with Crippen LogP contribution in [0.25, 0.3) is 0 Å². The molecule has 0 unspecified atom stereocenters. The Morgan fingerprint density at radius 3 is 2.33 bits per heavy atom. The molecule has 0 aromatic heterocycles. The molecular weight excluding hydrogens is 268 g/mol. The zero-order valence-electron chi connectivity index (χ0n) is 13.3. The molecule has 21 heavy (non-hydrogen) atoms. The Bertz CT molecular complexity index is 351. The quantitative estimate of drug-likeness (QED) is 0.496. The second-order valence-corrected chi connectivity index (χ2v) is 6.14. The third-order valence-electron chi connectivity index (χ3n) is 3.75. The fourth-order valence-corrected chi connectivity index (χ4v) is 2.43. The predicted octanol–water partition coefficient (Wildman–Crippen LogP) is 2.25. The lowest BCUT2D eigenvalue weighted by atomic mass is 10.0. The molecule has 1 fully saturated rings. The van der Waals surface area contributed by atoms with E-state index in [1.165, 1.54) is 24.2 Å². The van der Waals surface area contributed by atoms with Crippen molar-refractivity contribution in [3.63, 3.8) is 0 Å². The number of carbonyl (C=O) groups excluding carboxylic acids is 3. The summed E-state index contributed by atoms with van der Waals surface area (Å²) in [6.45, 7) is 5.37. The SMILES string of the molecule is CC(C)CCCCCCNC(=O)CCN1C(=O)CCC1=O. The van der Waals surface area contributed by atoms with Gasteiger partial charge >= 0.3 is 0 Å². The summed E-state index contributed by atoms with van der Waals surface area (Å²) in [6, 6.07) is 0. The van der Waals surface area contributed by atoms with Crippen LogP contribution in [0.3, 0.4) is 0 Å². The minimum Gasteiger partial charge on any atom is -0.356 e. The lowest BCUT2D eigenvalue weighted by Gasteiger charge is -2.13. The molecule has 0 aromatic rings. The standard InChI is InChI=1S/C16H28N2O3/c1-13(2)7-5-3-4-6-11-17-14(19)10-12-18-15(20)8-9-16(18)21/h13H,3-12H2,1-2H3,(H,17,19). The van der Waals surface area contributed by atoms with E-state index < -0.39 is 0 Å². The molecule has 5 nitrogen and oxygen atoms in total. The minimum atomic E-state index is -0.155. The molecule has 1 heterocycles. The van der Waals surface area contributed by atoms with Crippen molar-refractivity contribution in [2.24, 2.45) is 5.92 Å². The van der Waals surface area contributed by atoms with Crippen LogP contribution in [0.2, 0.25) is 0 Å². The van der Waals surface area contributed by atoms with E-state index in [0.717, 1.165) is 18.8 Å². The highest BCUT2D eigenvalue weighted by Gasteiger charge is 2.28. The number of imide groups is 1. The van der Waals surface area contributed by atoms with E-state index in [0.29, 0.717) is 6.54 Å². The lowest BCUT2D eigenvalue weighted by Crippen LogP contribution is -2.34. The lowest BCUT2D eigenvalue weighted by molar-refractivity contribution is -0.138. The Morgan fingerprint density at radius 1 is 1.10 bits per heavy atom. The molecule has 1 rings (SSSR count). The summed E-state index contributed by atoms with van der Waals surface area (Å²) in [7, 11) is 0. The maximum absolute atomic E-state index is 11.6. The van der Waals surface area contributed by atoms with Gasteiger partial charge in [-0.15, -0.1) is 0 Å². The molecular formula is C16H28N2O3. The van der Waals surface area contributed by atoms with Crippen LogP contribution in [0, 0.1) is 5.92 Å². The summed E-state index contributed by atoms with van der Waals surface area (Å²) in [5, 5.41) is 2.85. The van der Waals surface area contributed by atoms with Gasteiger partial charge in [-0.2, -0.15) is 0 Å². The third-order valence-corrected chi connectivity index (χ3v) is 3.75. The minimum absolute atomic E-state index is 0.0790. The zero-order chi connectivity index (χ0) is 15.7. The Balaban J connectivity index is 1.99. The second kappa shape index (κ2) is 9.53. The highest BCUT2D eigenvalue weighted by Crippen LogP contribution is 2.12. The first-order valence-electron chi connectivity index (χ1n) is 8.10. The molecule has 0 spiro atoms. The van der Waals surface area contributed by atoms with Gasteiger partial charge in [0.25, 0.3) is 0 Å². The smallest absolute Gasteiger partial charge is 0.229 e. The van der Waals surface area contributed by atoms with Crippen LogP contribution in [-0.4, -0.2) is 35.7 Å². The maximum atomic E-state index is 11.6. The van der Waals surface area contributed by atoms with E-state index in [-0.39, 0.29) is 43.5 Å². The molecule has 0 bridgehead atoms. The third kappa shape index (κ3) is 7.25. The van der Waals surface area contributed by atoms with Gasteiger partial charge in [-0.25, -0.2) is 0 Å². The van der Waals surface area contributed by atoms with Crippen molar-refractivity contribution < 1.29 is 14.4 Å². The number of carbonyl (C=O) groups is 3. The van der Waals surface area contributed by atoms with Crippen LogP contribution in [-0.2, 0) is 14.4 Å². The van der Waals surface area contributed by atoms with E-state index in [2.05, 4.69) is 19.2 Å². The summed E-state index contributed by atoms with van der Waals surface area (Å²) >= 11 is 0. The molecule has 1 N–H and O–H groups in total. The number of amides is 3. The molecule has 0 atom stereocenters. The van der Waals surface area contributed by atoms with Crippen LogP contribution in [0.1, 0.15) is 65.2 Å². The molecule has 0 aromatic carbocycles. The second-order valence-electron chi connectivity index (χ2n) is 6.14. The number of nitrogens with zero attached hydrogens (tertiary/aromatic N) is 1. The van der Waals surface area contributed by atoms with E-state index >= 15 is 0 Å². The van der Waals surface area contributed by atoms with Crippen molar-refractivity contribution in [2.75, 3.05) is 13.1 Å². The summed E-state index contributed by atoms with van der Waals surface area (Å²) in [5.74, 6) is 0.376. The van der Waals surface area contributed by atoms with Gasteiger partial charge in [0.05, 0.1) is 0 Å². The molecule has 120 valence electrons. The van der Waals surface area contributed by atoms with E-state index in [1.807, 2.05) is 0 Å². The van der Waals surface area contributed by atoms with Crippen LogP contribution < -0.4 is 5.32 Å². The molecule has 1 aliphatic heterocycles. The van der Waals surface area contributed by atoms with Crippen molar-refractivity contribution >= 4 is 17.7 Å². The highest BCUT2D eigenvalue weighted by molar-refractivity contribution is 6.02. The van der Waals surface area contributed by atoms with Gasteiger partial charge in [0.1, 0.15) is 0 Å². The van der Waals surface area contributed by atoms with Gasteiger partial charge in [0, 0.05) is 32.4 Å². The Hall–Kier alpha value is -1.39. The first kappa shape index (κ1) is 17.7. The number of likely N-dealkylation sites (tertiary alicyclic amines) is 1. The van der Waals surface area contributed by atoms with E-state index in [9.17, 15) is 14.4 Å². The normalized spacial score (nSPS) is 15.1. The van der Waals surface area contributed by atoms with Gasteiger partial charge in [-0.05, 0) is 12.3 Å². The largest absolute Gasteiger partial charge is 0.356 e. The van der Waals surface area contributed by atoms with E-state index in [1.54, 1.807) is 0 Å². The van der Waals surface area contributed by atoms with Gasteiger partial charge in [-0.3, -0.25) is 19.3 Å². The Kier molecular flexibility index (Phi) is 8.01. The summed E-state index contributed by atoms with van der Waals surface area (Å²) in [6.07, 6.45) is 6.65. The first-order chi connectivity index (χ1) is 10.0. The predicted molar refractivity (Wildman–Crippen MR) is 81.5 cm³/mol. The van der Waals surface area contributed by atoms with Crippen molar-refractivity contribution in [1.29, 1.82) is 0 Å². The van der Waals surface area contributed by atoms with Gasteiger partial charge in [0.2, 0.25) is 17.7 Å². The number of nitrogens with one attached hydrogen (secondary N) is 1. The van der Waals surface area contributed by atoms with Crippen LogP contribution in [0.15, 0.2) is 0 Å². The van der Waals surface area contributed by atoms with Crippen molar-refractivity contribution in [3.05, 3.63) is 0 Å². The number of rotatable bonds is 10. The fourth-order valence-electron chi connectivity index (χ4n) is 2.43. The van der Waals surface area contributed by atoms with Gasteiger partial charge in [0.15, 0.2) is 0 Å². The van der Waals surface area contributed by atoms with Crippen molar-refractivity contribution in [2.45, 2.75) is 65.2 Å². The summed E-state index contributed by atoms with van der Waals surface area (Å²) in [5.41, 5.74) is 0. The molecule has 1 saturated heterocycles. The maximum Gasteiger partial charge on any atom is 0.229 e. The number of hydrogen-bond donors (Lipinski definition) is 1. The Morgan fingerprint density at radius 2 is 1.71 bits per heavy atom. The van der Waals surface area contributed by atoms with Crippen LogP contribution in [0.4, 0.5) is 0 Å². The highest BCUT2D eigenvalue weighted by atomic mass is 16.2. The Labute approximate surface area is 127 Å². The number of hydrogen-bond acceptors (Lipinski definition) is 3. The molecule has 0 radical (unpaired) electrons. The monoisotopic (exact) mass is 296 g/mol. The topological polar surface area (TPSA) is 66.5 Å². The average Bonchev–Trinajstić information content (AvgIpc) is 2.74. The molecule has 1 aliphatic rings. The van der Waals surface area contributed by atoms with Crippen molar-refractivity contribution in [3.8, 4) is 0 Å². The molecule has 3 amide bonds. The van der Waals surface area contributed by atoms with Crippen LogP contribution >= 0.6 is 0 Å². The van der Waals surface area contributed by atoms with Gasteiger partial charge in [-0.1, -0.05) is 39.5 Å². The first-order valence-corrected chi connectivity index (χ1v) is 8.10. The van der Waals surface area contributed by atoms with Crippen LogP contribution in [0.5, 0.6) is 0 Å². The molecule has 0 saturated carbocycles. The summed E-state index contributed by atoms with van der Waals surface area (Å²) in [4.78, 5) is 35.6. The van der Waals surface area contributed by atoms with Gasteiger partial charge < -0.3 is 5.32 Å². The van der Waals surface area contributed by atoms with E-state index in [4.69, 9.17) is 0 Å². The fraction of sp³-hybridized carbons (Fsp3) is 0.812. The molecule has 5 heteroatoms. The molecule has 0 aliphatic carbocycles. The summed E-state index contributed by atoms with van der Waals surface area (Å²) < 4.78 is 0. The average molecular weight is 296 g/mol. The van der Waals surface area contributed by atoms with Crippen molar-refractivity contribution in [1.82, 2.24) is 10.2 Å². The number of unbranched alkanes of at least 4 members (excludes halogenated alkanes) is 3. The zero-order valence-corrected chi connectivity index (χ0v) is 13.3.